The quantitative estimate of drug-likeness (QED) is 0.656. The van der Waals surface area contributed by atoms with Gasteiger partial charge in [-0.1, -0.05) is 23.7 Å². The molecule has 130 valence electrons. The molecule has 1 amide bonds. The zero-order valence-electron chi connectivity index (χ0n) is 13.8. The zero-order valence-corrected chi connectivity index (χ0v) is 14.6. The van der Waals surface area contributed by atoms with Crippen molar-refractivity contribution in [3.8, 4) is 17.2 Å². The molecule has 1 heterocycles. The predicted molar refractivity (Wildman–Crippen MR) is 94.7 cm³/mol. The van der Waals surface area contributed by atoms with Gasteiger partial charge in [-0.05, 0) is 37.1 Å². The minimum Gasteiger partial charge on any atom is -0.483 e. The minimum absolute atomic E-state index is 0.128. The molecule has 0 aliphatic carbocycles. The number of hydrazone groups is 1. The molecule has 3 rings (SSSR count). The first-order valence-corrected chi connectivity index (χ1v) is 8.02. The standard InChI is InChI=1S/C18H17ClN2O4/c1-11-4-3-5-15(12(11)2)23-9-18(22)21-20-8-13-6-16-17(7-14(13)19)25-10-24-16/h3-8H,9-10H2,1-2H3,(H,21,22)/b20-8+. The molecule has 1 aliphatic rings. The average Bonchev–Trinajstić information content (AvgIpc) is 3.03. The van der Waals surface area contributed by atoms with Crippen LogP contribution in [0.25, 0.3) is 0 Å². The molecule has 7 heteroatoms. The van der Waals surface area contributed by atoms with Gasteiger partial charge < -0.3 is 14.2 Å². The molecule has 0 saturated carbocycles. The van der Waals surface area contributed by atoms with E-state index in [1.807, 2.05) is 32.0 Å². The van der Waals surface area contributed by atoms with Crippen LogP contribution in [0.4, 0.5) is 0 Å². The van der Waals surface area contributed by atoms with Gasteiger partial charge in [-0.3, -0.25) is 4.79 Å². The molecule has 0 unspecified atom stereocenters. The number of rotatable bonds is 5. The molecule has 25 heavy (non-hydrogen) atoms. The Kier molecular flexibility index (Phi) is 5.09. The lowest BCUT2D eigenvalue weighted by molar-refractivity contribution is -0.123. The number of fused-ring (bicyclic) bond motifs is 1. The van der Waals surface area contributed by atoms with Crippen molar-refractivity contribution in [1.29, 1.82) is 0 Å². The first kappa shape index (κ1) is 17.1. The number of ether oxygens (including phenoxy) is 3. The highest BCUT2D eigenvalue weighted by Gasteiger charge is 2.15. The highest BCUT2D eigenvalue weighted by Crippen LogP contribution is 2.36. The van der Waals surface area contributed by atoms with E-state index in [0.29, 0.717) is 27.8 Å². The molecule has 2 aromatic carbocycles. The molecule has 1 N–H and O–H groups in total. The first-order valence-electron chi connectivity index (χ1n) is 7.64. The number of nitrogens with zero attached hydrogens (tertiary/aromatic N) is 1. The van der Waals surface area contributed by atoms with Crippen LogP contribution >= 0.6 is 11.6 Å². The second-order valence-corrected chi connectivity index (χ2v) is 5.91. The van der Waals surface area contributed by atoms with E-state index in [9.17, 15) is 4.79 Å². The van der Waals surface area contributed by atoms with Gasteiger partial charge in [-0.15, -0.1) is 0 Å². The average molecular weight is 361 g/mol. The lowest BCUT2D eigenvalue weighted by atomic mass is 10.1. The van der Waals surface area contributed by atoms with Gasteiger partial charge in [-0.25, -0.2) is 5.43 Å². The van der Waals surface area contributed by atoms with Crippen molar-refractivity contribution >= 4 is 23.7 Å². The van der Waals surface area contributed by atoms with Crippen LogP contribution < -0.4 is 19.6 Å². The molecule has 0 spiro atoms. The lowest BCUT2D eigenvalue weighted by Gasteiger charge is -2.09. The summed E-state index contributed by atoms with van der Waals surface area (Å²) in [4.78, 5) is 11.8. The molecule has 0 saturated heterocycles. The maximum Gasteiger partial charge on any atom is 0.277 e. The summed E-state index contributed by atoms with van der Waals surface area (Å²) in [7, 11) is 0. The van der Waals surface area contributed by atoms with Gasteiger partial charge >= 0.3 is 0 Å². The Balaban J connectivity index is 1.55. The fourth-order valence-corrected chi connectivity index (χ4v) is 2.46. The Morgan fingerprint density at radius 1 is 1.32 bits per heavy atom. The van der Waals surface area contributed by atoms with Gasteiger partial charge in [0.15, 0.2) is 18.1 Å². The smallest absolute Gasteiger partial charge is 0.277 e. The van der Waals surface area contributed by atoms with Crippen molar-refractivity contribution in [2.75, 3.05) is 13.4 Å². The Morgan fingerprint density at radius 2 is 2.08 bits per heavy atom. The molecule has 1 aliphatic heterocycles. The summed E-state index contributed by atoms with van der Waals surface area (Å²) < 4.78 is 16.0. The van der Waals surface area contributed by atoms with Crippen LogP contribution in [0.2, 0.25) is 5.02 Å². The zero-order chi connectivity index (χ0) is 17.8. The van der Waals surface area contributed by atoms with Gasteiger partial charge in [0.2, 0.25) is 6.79 Å². The van der Waals surface area contributed by atoms with Crippen LogP contribution in [0, 0.1) is 13.8 Å². The molecule has 0 atom stereocenters. The number of carbonyl (C=O) groups excluding carboxylic acids is 1. The molecule has 0 aromatic heterocycles. The summed E-state index contributed by atoms with van der Waals surface area (Å²) in [5.41, 5.74) is 5.13. The molecular formula is C18H17ClN2O4. The second kappa shape index (κ2) is 7.44. The summed E-state index contributed by atoms with van der Waals surface area (Å²) in [5.74, 6) is 1.50. The lowest BCUT2D eigenvalue weighted by Crippen LogP contribution is -2.24. The maximum absolute atomic E-state index is 11.8. The third kappa shape index (κ3) is 4.03. The molecule has 6 nitrogen and oxygen atoms in total. The van der Waals surface area contributed by atoms with Crippen molar-refractivity contribution in [2.24, 2.45) is 5.10 Å². The normalized spacial score (nSPS) is 12.4. The van der Waals surface area contributed by atoms with Crippen molar-refractivity contribution in [3.63, 3.8) is 0 Å². The van der Waals surface area contributed by atoms with Crippen molar-refractivity contribution in [1.82, 2.24) is 5.43 Å². The van der Waals surface area contributed by atoms with E-state index in [4.69, 9.17) is 25.8 Å². The van der Waals surface area contributed by atoms with E-state index in [1.165, 1.54) is 6.21 Å². The monoisotopic (exact) mass is 360 g/mol. The van der Waals surface area contributed by atoms with Crippen molar-refractivity contribution in [2.45, 2.75) is 13.8 Å². The SMILES string of the molecule is Cc1cccc(OCC(=O)N/N=C/c2cc3c(cc2Cl)OCO3)c1C. The van der Waals surface area contributed by atoms with Crippen molar-refractivity contribution in [3.05, 3.63) is 52.0 Å². The molecule has 0 fully saturated rings. The largest absolute Gasteiger partial charge is 0.483 e. The topological polar surface area (TPSA) is 69.2 Å². The molecule has 2 aromatic rings. The van der Waals surface area contributed by atoms with E-state index in [0.717, 1.165) is 11.1 Å². The van der Waals surface area contributed by atoms with Crippen LogP contribution in [0.3, 0.4) is 0 Å². The minimum atomic E-state index is -0.367. The number of aryl methyl sites for hydroxylation is 1. The Morgan fingerprint density at radius 3 is 2.88 bits per heavy atom. The Hall–Kier alpha value is -2.73. The Bertz CT molecular complexity index is 836. The van der Waals surface area contributed by atoms with E-state index >= 15 is 0 Å². The first-order chi connectivity index (χ1) is 12.0. The molecular weight excluding hydrogens is 344 g/mol. The summed E-state index contributed by atoms with van der Waals surface area (Å²) in [6.45, 7) is 3.97. The van der Waals surface area contributed by atoms with Crippen LogP contribution in [0.5, 0.6) is 17.2 Å². The number of amides is 1. The highest BCUT2D eigenvalue weighted by atomic mass is 35.5. The number of benzene rings is 2. The number of hydrogen-bond donors (Lipinski definition) is 1. The fourth-order valence-electron chi connectivity index (χ4n) is 2.26. The number of halogens is 1. The van der Waals surface area contributed by atoms with Crippen molar-refractivity contribution < 1.29 is 19.0 Å². The van der Waals surface area contributed by atoms with Crippen LogP contribution in [0.1, 0.15) is 16.7 Å². The van der Waals surface area contributed by atoms with Gasteiger partial charge in [0.05, 0.1) is 11.2 Å². The summed E-state index contributed by atoms with van der Waals surface area (Å²) >= 11 is 6.13. The second-order valence-electron chi connectivity index (χ2n) is 5.51. The highest BCUT2D eigenvalue weighted by molar-refractivity contribution is 6.33. The third-order valence-corrected chi connectivity index (χ3v) is 4.13. The number of carbonyl (C=O) groups is 1. The molecule has 0 bridgehead atoms. The maximum atomic E-state index is 11.8. The van der Waals surface area contributed by atoms with E-state index < -0.39 is 0 Å². The summed E-state index contributed by atoms with van der Waals surface area (Å²) in [6, 6.07) is 9.05. The van der Waals surface area contributed by atoms with Crippen LogP contribution in [0.15, 0.2) is 35.4 Å². The van der Waals surface area contributed by atoms with Gasteiger partial charge in [0, 0.05) is 11.6 Å². The Labute approximate surface area is 150 Å². The predicted octanol–water partition coefficient (Wildman–Crippen LogP) is 3.21. The van der Waals surface area contributed by atoms with E-state index in [2.05, 4.69) is 10.5 Å². The van der Waals surface area contributed by atoms with Gasteiger partial charge in [-0.2, -0.15) is 5.10 Å². The third-order valence-electron chi connectivity index (χ3n) is 3.80. The van der Waals surface area contributed by atoms with Crippen LogP contribution in [-0.2, 0) is 4.79 Å². The van der Waals surface area contributed by atoms with E-state index in [-0.39, 0.29) is 19.3 Å². The van der Waals surface area contributed by atoms with Crippen LogP contribution in [-0.4, -0.2) is 25.5 Å². The summed E-state index contributed by atoms with van der Waals surface area (Å²) in [5, 5.41) is 4.35. The number of hydrogen-bond acceptors (Lipinski definition) is 5. The summed E-state index contributed by atoms with van der Waals surface area (Å²) in [6.07, 6.45) is 1.44. The van der Waals surface area contributed by atoms with Gasteiger partial charge in [0.1, 0.15) is 5.75 Å². The van der Waals surface area contributed by atoms with E-state index in [1.54, 1.807) is 12.1 Å². The fraction of sp³-hybridized carbons (Fsp3) is 0.222. The number of nitrogens with one attached hydrogen (secondary N) is 1. The molecule has 0 radical (unpaired) electrons. The van der Waals surface area contributed by atoms with Gasteiger partial charge in [0.25, 0.3) is 5.91 Å².